The van der Waals surface area contributed by atoms with E-state index < -0.39 is 5.97 Å². The van der Waals surface area contributed by atoms with E-state index in [4.69, 9.17) is 5.11 Å². The van der Waals surface area contributed by atoms with Crippen LogP contribution in [0, 0.1) is 5.92 Å². The third kappa shape index (κ3) is 5.21. The first-order valence-corrected chi connectivity index (χ1v) is 6.35. The average molecular weight is 266 g/mol. The van der Waals surface area contributed by atoms with Crippen LogP contribution in [-0.2, 0) is 0 Å². The summed E-state index contributed by atoms with van der Waals surface area (Å²) in [6.45, 7) is 6.74. The van der Waals surface area contributed by atoms with Crippen molar-refractivity contribution in [1.29, 1.82) is 0 Å². The molecule has 0 aliphatic rings. The Morgan fingerprint density at radius 1 is 1.32 bits per heavy atom. The number of aromatic nitrogens is 2. The number of carboxylic acids is 1. The molecule has 6 heteroatoms. The van der Waals surface area contributed by atoms with E-state index in [0.717, 1.165) is 19.6 Å². The van der Waals surface area contributed by atoms with Crippen molar-refractivity contribution in [2.24, 2.45) is 5.92 Å². The number of hydrogen-bond acceptors (Lipinski definition) is 5. The molecular weight excluding hydrogens is 244 g/mol. The molecule has 0 spiro atoms. The molecule has 0 bridgehead atoms. The molecule has 0 fully saturated rings. The highest BCUT2D eigenvalue weighted by molar-refractivity contribution is 5.85. The summed E-state index contributed by atoms with van der Waals surface area (Å²) in [4.78, 5) is 23.2. The molecule has 0 saturated heterocycles. The lowest BCUT2D eigenvalue weighted by Crippen LogP contribution is -2.35. The minimum Gasteiger partial charge on any atom is -0.476 e. The topological polar surface area (TPSA) is 69.6 Å². The first kappa shape index (κ1) is 15.4. The maximum Gasteiger partial charge on any atom is 0.356 e. The molecule has 1 rings (SSSR count). The van der Waals surface area contributed by atoms with Gasteiger partial charge in [0.1, 0.15) is 5.82 Å². The van der Waals surface area contributed by atoms with Gasteiger partial charge in [0.15, 0.2) is 5.69 Å². The van der Waals surface area contributed by atoms with Gasteiger partial charge in [-0.3, -0.25) is 4.98 Å². The second-order valence-corrected chi connectivity index (χ2v) is 5.21. The number of hydrogen-bond donors (Lipinski definition) is 1. The van der Waals surface area contributed by atoms with Gasteiger partial charge in [-0.25, -0.2) is 9.78 Å². The fourth-order valence-electron chi connectivity index (χ4n) is 1.67. The molecule has 106 valence electrons. The zero-order valence-electron chi connectivity index (χ0n) is 12.0. The Morgan fingerprint density at radius 3 is 2.53 bits per heavy atom. The van der Waals surface area contributed by atoms with Gasteiger partial charge < -0.3 is 14.9 Å². The molecule has 1 aromatic rings. The Morgan fingerprint density at radius 2 is 2.00 bits per heavy atom. The van der Waals surface area contributed by atoms with Gasteiger partial charge in [-0.2, -0.15) is 0 Å². The first-order valence-electron chi connectivity index (χ1n) is 6.35. The molecule has 1 heterocycles. The standard InChI is InChI=1S/C13H22N4O2/c1-10(2)9-17(6-5-16(3)4)12-8-14-7-11(15-12)13(18)19/h7-8,10H,5-6,9H2,1-4H3,(H,18,19). The number of rotatable bonds is 7. The number of carbonyl (C=O) groups is 1. The van der Waals surface area contributed by atoms with E-state index in [1.54, 1.807) is 6.20 Å². The Bertz CT molecular complexity index is 421. The lowest BCUT2D eigenvalue weighted by atomic mass is 10.2. The van der Waals surface area contributed by atoms with Gasteiger partial charge in [-0.15, -0.1) is 0 Å². The second kappa shape index (κ2) is 7.04. The molecule has 0 amide bonds. The van der Waals surface area contributed by atoms with E-state index in [9.17, 15) is 4.79 Å². The predicted molar refractivity (Wildman–Crippen MR) is 74.6 cm³/mol. The highest BCUT2D eigenvalue weighted by Gasteiger charge is 2.13. The number of carboxylic acid groups (broad SMARTS) is 1. The van der Waals surface area contributed by atoms with Crippen LogP contribution in [0.25, 0.3) is 0 Å². The SMILES string of the molecule is CC(C)CN(CCN(C)C)c1cncc(C(=O)O)n1. The van der Waals surface area contributed by atoms with Gasteiger partial charge in [0, 0.05) is 19.6 Å². The van der Waals surface area contributed by atoms with Crippen LogP contribution < -0.4 is 4.90 Å². The smallest absolute Gasteiger partial charge is 0.356 e. The summed E-state index contributed by atoms with van der Waals surface area (Å²) in [7, 11) is 4.01. The first-order chi connectivity index (χ1) is 8.90. The second-order valence-electron chi connectivity index (χ2n) is 5.21. The Kier molecular flexibility index (Phi) is 5.69. The molecule has 0 aliphatic carbocycles. The summed E-state index contributed by atoms with van der Waals surface area (Å²) < 4.78 is 0. The van der Waals surface area contributed by atoms with Crippen molar-refractivity contribution in [2.45, 2.75) is 13.8 Å². The maximum atomic E-state index is 10.9. The van der Waals surface area contributed by atoms with Crippen LogP contribution in [0.5, 0.6) is 0 Å². The zero-order valence-corrected chi connectivity index (χ0v) is 12.0. The fraction of sp³-hybridized carbons (Fsp3) is 0.615. The van der Waals surface area contributed by atoms with Crippen LogP contribution in [0.2, 0.25) is 0 Å². The summed E-state index contributed by atoms with van der Waals surface area (Å²) in [5.74, 6) is 0.0411. The molecule has 0 saturated carbocycles. The molecule has 6 nitrogen and oxygen atoms in total. The minimum atomic E-state index is -1.05. The minimum absolute atomic E-state index is 0.0175. The van der Waals surface area contributed by atoms with Crippen LogP contribution in [-0.4, -0.2) is 59.7 Å². The summed E-state index contributed by atoms with van der Waals surface area (Å²) in [6.07, 6.45) is 2.88. The molecule has 1 N–H and O–H groups in total. The van der Waals surface area contributed by atoms with Crippen LogP contribution in [0.3, 0.4) is 0 Å². The summed E-state index contributed by atoms with van der Waals surface area (Å²) in [5, 5.41) is 8.96. The van der Waals surface area contributed by atoms with Gasteiger partial charge >= 0.3 is 5.97 Å². The highest BCUT2D eigenvalue weighted by Crippen LogP contribution is 2.12. The number of anilines is 1. The van der Waals surface area contributed by atoms with Crippen LogP contribution >= 0.6 is 0 Å². The summed E-state index contributed by atoms with van der Waals surface area (Å²) in [5.41, 5.74) is -0.0175. The van der Waals surface area contributed by atoms with Crippen molar-refractivity contribution in [3.8, 4) is 0 Å². The normalized spacial score (nSPS) is 11.1. The molecular formula is C13H22N4O2. The maximum absolute atomic E-state index is 10.9. The van der Waals surface area contributed by atoms with E-state index in [2.05, 4.69) is 33.6 Å². The van der Waals surface area contributed by atoms with Crippen molar-refractivity contribution in [3.05, 3.63) is 18.1 Å². The lowest BCUT2D eigenvalue weighted by Gasteiger charge is -2.26. The molecule has 0 unspecified atom stereocenters. The Hall–Kier alpha value is -1.69. The summed E-state index contributed by atoms with van der Waals surface area (Å²) >= 11 is 0. The van der Waals surface area contributed by atoms with E-state index >= 15 is 0 Å². The molecule has 0 aromatic carbocycles. The summed E-state index contributed by atoms with van der Waals surface area (Å²) in [6, 6.07) is 0. The number of likely N-dealkylation sites (N-methyl/N-ethyl adjacent to an activating group) is 1. The number of aromatic carboxylic acids is 1. The predicted octanol–water partition coefficient (Wildman–Crippen LogP) is 1.20. The van der Waals surface area contributed by atoms with Crippen LogP contribution in [0.15, 0.2) is 12.4 Å². The van der Waals surface area contributed by atoms with E-state index in [1.165, 1.54) is 6.20 Å². The van der Waals surface area contributed by atoms with Crippen LogP contribution in [0.1, 0.15) is 24.3 Å². The molecule has 19 heavy (non-hydrogen) atoms. The highest BCUT2D eigenvalue weighted by atomic mass is 16.4. The van der Waals surface area contributed by atoms with Gasteiger partial charge in [0.2, 0.25) is 0 Å². The third-order valence-corrected chi connectivity index (χ3v) is 2.57. The monoisotopic (exact) mass is 266 g/mol. The molecule has 0 atom stereocenters. The van der Waals surface area contributed by atoms with E-state index in [-0.39, 0.29) is 5.69 Å². The van der Waals surface area contributed by atoms with E-state index in [1.807, 2.05) is 14.1 Å². The van der Waals surface area contributed by atoms with Gasteiger partial charge in [-0.05, 0) is 20.0 Å². The quantitative estimate of drug-likeness (QED) is 0.799. The Labute approximate surface area is 114 Å². The fourth-order valence-corrected chi connectivity index (χ4v) is 1.67. The van der Waals surface area contributed by atoms with Gasteiger partial charge in [-0.1, -0.05) is 13.8 Å². The van der Waals surface area contributed by atoms with Crippen molar-refractivity contribution in [2.75, 3.05) is 38.6 Å². The van der Waals surface area contributed by atoms with Crippen molar-refractivity contribution < 1.29 is 9.90 Å². The Balaban J connectivity index is 2.89. The zero-order chi connectivity index (χ0) is 14.4. The van der Waals surface area contributed by atoms with Crippen LogP contribution in [0.4, 0.5) is 5.82 Å². The molecule has 1 aromatic heterocycles. The largest absolute Gasteiger partial charge is 0.476 e. The van der Waals surface area contributed by atoms with Crippen molar-refractivity contribution >= 4 is 11.8 Å². The molecule has 0 radical (unpaired) electrons. The lowest BCUT2D eigenvalue weighted by molar-refractivity contribution is 0.0690. The molecule has 0 aliphatic heterocycles. The van der Waals surface area contributed by atoms with E-state index in [0.29, 0.717) is 11.7 Å². The van der Waals surface area contributed by atoms with Crippen molar-refractivity contribution in [3.63, 3.8) is 0 Å². The van der Waals surface area contributed by atoms with Crippen molar-refractivity contribution in [1.82, 2.24) is 14.9 Å². The third-order valence-electron chi connectivity index (χ3n) is 2.57. The number of nitrogens with zero attached hydrogens (tertiary/aromatic N) is 4. The average Bonchev–Trinajstić information content (AvgIpc) is 2.34. The van der Waals surface area contributed by atoms with Gasteiger partial charge in [0.25, 0.3) is 0 Å². The van der Waals surface area contributed by atoms with Gasteiger partial charge in [0.05, 0.1) is 12.4 Å².